The van der Waals surface area contributed by atoms with Crippen LogP contribution in [-0.4, -0.2) is 30.3 Å². The predicted octanol–water partition coefficient (Wildman–Crippen LogP) is 0.0781. The van der Waals surface area contributed by atoms with Crippen LogP contribution in [0.3, 0.4) is 0 Å². The van der Waals surface area contributed by atoms with Crippen molar-refractivity contribution in [3.8, 4) is 0 Å². The van der Waals surface area contributed by atoms with Gasteiger partial charge in [-0.1, -0.05) is 20.3 Å². The molecule has 0 aromatic carbocycles. The second-order valence-corrected chi connectivity index (χ2v) is 3.94. The van der Waals surface area contributed by atoms with Crippen molar-refractivity contribution >= 4 is 11.7 Å². The summed E-state index contributed by atoms with van der Waals surface area (Å²) in [5.41, 5.74) is 0. The van der Waals surface area contributed by atoms with E-state index in [1.54, 1.807) is 0 Å². The molecule has 4 heteroatoms. The number of hydrogen-bond acceptors (Lipinski definition) is 3. The molecule has 1 heterocycles. The fraction of sp³-hybridized carbons (Fsp3) is 0.800. The zero-order valence-corrected chi connectivity index (χ0v) is 8.96. The summed E-state index contributed by atoms with van der Waals surface area (Å²) in [5.74, 6) is 0.266. The Kier molecular flexibility index (Phi) is 3.63. The predicted molar refractivity (Wildman–Crippen MR) is 53.9 cm³/mol. The van der Waals surface area contributed by atoms with Gasteiger partial charge in [0, 0.05) is 6.54 Å². The lowest BCUT2D eigenvalue weighted by Gasteiger charge is -2.32. The number of piperazine rings is 1. The van der Waals surface area contributed by atoms with Crippen LogP contribution in [0.15, 0.2) is 0 Å². The Morgan fingerprint density at radius 1 is 1.64 bits per heavy atom. The molecule has 0 aromatic heterocycles. The number of carbonyl (C=O) groups excluding carboxylic acids is 2. The first-order valence-corrected chi connectivity index (χ1v) is 5.10. The van der Waals surface area contributed by atoms with Gasteiger partial charge >= 0.3 is 0 Å². The number of rotatable bonds is 3. The maximum absolute atomic E-state index is 11.6. The first-order valence-electron chi connectivity index (χ1n) is 5.10. The van der Waals surface area contributed by atoms with Gasteiger partial charge in [-0.15, -0.1) is 0 Å². The number of Topliss-reactive ketones (excluding diaryl/α,β-unsaturated/α-hetero) is 1. The van der Waals surface area contributed by atoms with Crippen molar-refractivity contribution in [2.45, 2.75) is 39.3 Å². The fourth-order valence-corrected chi connectivity index (χ4v) is 1.59. The Labute approximate surface area is 84.4 Å². The van der Waals surface area contributed by atoms with Crippen LogP contribution in [0, 0.1) is 5.92 Å². The van der Waals surface area contributed by atoms with Gasteiger partial charge in [-0.05, 0) is 12.8 Å². The SMILES string of the molecule is CCC(C)[C@@H]1NC[C@H](C(C)=O)NC1=O. The molecule has 1 rings (SSSR count). The molecule has 2 N–H and O–H groups in total. The van der Waals surface area contributed by atoms with Crippen molar-refractivity contribution in [3.63, 3.8) is 0 Å². The highest BCUT2D eigenvalue weighted by Gasteiger charge is 2.31. The van der Waals surface area contributed by atoms with Crippen molar-refractivity contribution in [1.82, 2.24) is 10.6 Å². The van der Waals surface area contributed by atoms with Crippen LogP contribution in [-0.2, 0) is 9.59 Å². The van der Waals surface area contributed by atoms with Crippen LogP contribution in [0.25, 0.3) is 0 Å². The van der Waals surface area contributed by atoms with Crippen LogP contribution < -0.4 is 10.6 Å². The molecule has 1 unspecified atom stereocenters. The summed E-state index contributed by atoms with van der Waals surface area (Å²) in [6.07, 6.45) is 0.954. The monoisotopic (exact) mass is 198 g/mol. The molecule has 80 valence electrons. The van der Waals surface area contributed by atoms with Crippen molar-refractivity contribution < 1.29 is 9.59 Å². The minimum absolute atomic E-state index is 0.00783. The summed E-state index contributed by atoms with van der Waals surface area (Å²) >= 11 is 0. The van der Waals surface area contributed by atoms with Crippen molar-refractivity contribution in [2.75, 3.05) is 6.54 Å². The summed E-state index contributed by atoms with van der Waals surface area (Å²) in [7, 11) is 0. The summed E-state index contributed by atoms with van der Waals surface area (Å²) in [6, 6.07) is -0.488. The van der Waals surface area contributed by atoms with E-state index in [0.717, 1.165) is 6.42 Å². The van der Waals surface area contributed by atoms with E-state index in [4.69, 9.17) is 0 Å². The van der Waals surface area contributed by atoms with Gasteiger partial charge in [0.05, 0.1) is 12.1 Å². The van der Waals surface area contributed by atoms with Crippen LogP contribution in [0.2, 0.25) is 0 Å². The lowest BCUT2D eigenvalue weighted by molar-refractivity contribution is -0.131. The van der Waals surface area contributed by atoms with Gasteiger partial charge < -0.3 is 10.6 Å². The first kappa shape index (κ1) is 11.2. The van der Waals surface area contributed by atoms with Crippen LogP contribution in [0.1, 0.15) is 27.2 Å². The lowest BCUT2D eigenvalue weighted by Crippen LogP contribution is -2.62. The Balaban J connectivity index is 2.56. The molecule has 1 aliphatic rings. The quantitative estimate of drug-likeness (QED) is 0.675. The molecule has 14 heavy (non-hydrogen) atoms. The number of ketones is 1. The average Bonchev–Trinajstić information content (AvgIpc) is 2.16. The number of hydrogen-bond donors (Lipinski definition) is 2. The van der Waals surface area contributed by atoms with Gasteiger partial charge in [-0.25, -0.2) is 0 Å². The van der Waals surface area contributed by atoms with Crippen molar-refractivity contribution in [3.05, 3.63) is 0 Å². The van der Waals surface area contributed by atoms with Crippen molar-refractivity contribution in [2.24, 2.45) is 5.92 Å². The van der Waals surface area contributed by atoms with E-state index < -0.39 is 0 Å². The standard InChI is InChI=1S/C10H18N2O2/c1-4-6(2)9-10(14)12-8(5-11-9)7(3)13/h6,8-9,11H,4-5H2,1-3H3,(H,12,14)/t6?,8-,9+/m1/s1. The van der Waals surface area contributed by atoms with Gasteiger partial charge in [0.25, 0.3) is 0 Å². The zero-order valence-electron chi connectivity index (χ0n) is 8.96. The van der Waals surface area contributed by atoms with Gasteiger partial charge in [-0.2, -0.15) is 0 Å². The maximum atomic E-state index is 11.6. The van der Waals surface area contributed by atoms with E-state index in [2.05, 4.69) is 17.6 Å². The highest BCUT2D eigenvalue weighted by atomic mass is 16.2. The molecular formula is C10H18N2O2. The molecular weight excluding hydrogens is 180 g/mol. The normalized spacial score (nSPS) is 29.5. The lowest BCUT2D eigenvalue weighted by atomic mass is 9.95. The van der Waals surface area contributed by atoms with Crippen LogP contribution in [0.5, 0.6) is 0 Å². The highest BCUT2D eigenvalue weighted by molar-refractivity contribution is 5.91. The molecule has 0 aliphatic carbocycles. The average molecular weight is 198 g/mol. The van der Waals surface area contributed by atoms with Gasteiger partial charge in [-0.3, -0.25) is 9.59 Å². The molecule has 0 aromatic rings. The van der Waals surface area contributed by atoms with Gasteiger partial charge in [0.15, 0.2) is 5.78 Å². The maximum Gasteiger partial charge on any atom is 0.238 e. The summed E-state index contributed by atoms with van der Waals surface area (Å²) in [4.78, 5) is 22.6. The number of nitrogens with one attached hydrogen (secondary N) is 2. The van der Waals surface area contributed by atoms with Gasteiger partial charge in [0.2, 0.25) is 5.91 Å². The summed E-state index contributed by atoms with van der Waals surface area (Å²) in [5, 5.41) is 5.85. The second-order valence-electron chi connectivity index (χ2n) is 3.94. The topological polar surface area (TPSA) is 58.2 Å². The molecule has 1 aliphatic heterocycles. The third kappa shape index (κ3) is 2.32. The van der Waals surface area contributed by atoms with Gasteiger partial charge in [0.1, 0.15) is 0 Å². The van der Waals surface area contributed by atoms with E-state index in [1.165, 1.54) is 6.92 Å². The molecule has 4 nitrogen and oxygen atoms in total. The third-order valence-corrected chi connectivity index (χ3v) is 2.84. The molecule has 1 amide bonds. The van der Waals surface area contributed by atoms with E-state index in [-0.39, 0.29) is 23.8 Å². The third-order valence-electron chi connectivity index (χ3n) is 2.84. The van der Waals surface area contributed by atoms with E-state index in [9.17, 15) is 9.59 Å². The van der Waals surface area contributed by atoms with E-state index >= 15 is 0 Å². The molecule has 0 saturated carbocycles. The summed E-state index contributed by atoms with van der Waals surface area (Å²) in [6.45, 7) is 6.13. The minimum Gasteiger partial charge on any atom is -0.344 e. The Bertz CT molecular complexity index is 240. The van der Waals surface area contributed by atoms with Crippen molar-refractivity contribution in [1.29, 1.82) is 0 Å². The van der Waals surface area contributed by atoms with E-state index in [0.29, 0.717) is 12.5 Å². The molecule has 0 radical (unpaired) electrons. The molecule has 0 spiro atoms. The van der Waals surface area contributed by atoms with Crippen LogP contribution >= 0.6 is 0 Å². The zero-order chi connectivity index (χ0) is 10.7. The van der Waals surface area contributed by atoms with Crippen LogP contribution in [0.4, 0.5) is 0 Å². The summed E-state index contributed by atoms with van der Waals surface area (Å²) < 4.78 is 0. The molecule has 0 bridgehead atoms. The number of amides is 1. The smallest absolute Gasteiger partial charge is 0.238 e. The van der Waals surface area contributed by atoms with E-state index in [1.807, 2.05) is 6.92 Å². The Morgan fingerprint density at radius 3 is 2.71 bits per heavy atom. The fourth-order valence-electron chi connectivity index (χ4n) is 1.59. The Morgan fingerprint density at radius 2 is 2.29 bits per heavy atom. The highest BCUT2D eigenvalue weighted by Crippen LogP contribution is 2.10. The molecule has 1 saturated heterocycles. The number of carbonyl (C=O) groups is 2. The molecule has 3 atom stereocenters. The first-order chi connectivity index (χ1) is 6.56. The largest absolute Gasteiger partial charge is 0.344 e. The Hall–Kier alpha value is -0.900. The molecule has 1 fully saturated rings. The second kappa shape index (κ2) is 4.55. The minimum atomic E-state index is -0.345.